The van der Waals surface area contributed by atoms with E-state index in [1.165, 1.54) is 0 Å². The number of rotatable bonds is 9. The van der Waals surface area contributed by atoms with E-state index < -0.39 is 24.9 Å². The average molecular weight is 242 g/mol. The van der Waals surface area contributed by atoms with Crippen LogP contribution < -0.4 is 0 Å². The fraction of sp³-hybridized carbons (Fsp3) is 1.00. The molecule has 0 bridgehead atoms. The predicted molar refractivity (Wildman–Crippen MR) is 44.8 cm³/mol. The maximum absolute atomic E-state index is 10.2. The quantitative estimate of drug-likeness (QED) is 0.310. The van der Waals surface area contributed by atoms with E-state index in [1.807, 2.05) is 0 Å². The molecule has 84 valence electrons. The van der Waals surface area contributed by atoms with E-state index >= 15 is 0 Å². The van der Waals surface area contributed by atoms with E-state index in [0.29, 0.717) is 6.42 Å². The monoisotopic (exact) mass is 242 g/mol. The Morgan fingerprint density at radius 3 is 2.29 bits per heavy atom. The van der Waals surface area contributed by atoms with Crippen molar-refractivity contribution in [3.05, 3.63) is 0 Å². The van der Waals surface area contributed by atoms with Crippen molar-refractivity contribution in [3.8, 4) is 0 Å². The summed E-state index contributed by atoms with van der Waals surface area (Å²) in [4.78, 5) is 0. The number of unbranched alkanes of at least 4 members (excludes halogenated alkanes) is 4. The molecule has 1 unspecified atom stereocenters. The fourth-order valence-electron chi connectivity index (χ4n) is 1.14. The standard InChI is InChI=1S/C8H17O3.H2O.O.Ti/c9-7-5-3-1-2-4-6-8(10)11;;;/h8-10H,1-7H2;1H2;;/q-1;;;+2/p-1. The third kappa shape index (κ3) is 10.4. The van der Waals surface area contributed by atoms with Crippen LogP contribution in [-0.4, -0.2) is 26.8 Å². The van der Waals surface area contributed by atoms with Crippen molar-refractivity contribution in [1.82, 2.24) is 0 Å². The molecule has 0 aliphatic heterocycles. The van der Waals surface area contributed by atoms with Gasteiger partial charge in [0, 0.05) is 0 Å². The summed E-state index contributed by atoms with van der Waals surface area (Å²) in [6.07, 6.45) is 3.83. The van der Waals surface area contributed by atoms with E-state index in [9.17, 15) is 3.32 Å². The van der Waals surface area contributed by atoms with Gasteiger partial charge in [0.25, 0.3) is 0 Å². The summed E-state index contributed by atoms with van der Waals surface area (Å²) in [6.45, 7) is 0.223. The van der Waals surface area contributed by atoms with Crippen molar-refractivity contribution in [2.24, 2.45) is 0 Å². The first-order valence-corrected chi connectivity index (χ1v) is 6.82. The fourth-order valence-corrected chi connectivity index (χ4v) is 1.68. The van der Waals surface area contributed by atoms with Gasteiger partial charge < -0.3 is 0 Å². The molecule has 0 aliphatic rings. The minimum atomic E-state index is -3.57. The summed E-state index contributed by atoms with van der Waals surface area (Å²) in [7, 11) is 0. The zero-order valence-corrected chi connectivity index (χ0v) is 9.75. The second-order valence-electron chi connectivity index (χ2n) is 3.12. The molecule has 3 N–H and O–H groups in total. The number of aliphatic hydroxyl groups is 2. The van der Waals surface area contributed by atoms with E-state index in [4.69, 9.17) is 13.9 Å². The molecule has 6 heteroatoms. The molecule has 0 aromatic heterocycles. The van der Waals surface area contributed by atoms with Gasteiger partial charge in [-0.05, 0) is 0 Å². The van der Waals surface area contributed by atoms with Crippen molar-refractivity contribution >= 4 is 0 Å². The Morgan fingerprint density at radius 2 is 1.71 bits per heavy atom. The van der Waals surface area contributed by atoms with Gasteiger partial charge in [-0.15, -0.1) is 0 Å². The van der Waals surface area contributed by atoms with Crippen LogP contribution in [-0.2, 0) is 25.3 Å². The molecule has 0 heterocycles. The van der Waals surface area contributed by atoms with Crippen LogP contribution in [0.4, 0.5) is 0 Å². The molecule has 0 rings (SSSR count). The Labute approximate surface area is 90.8 Å². The Bertz CT molecular complexity index is 153. The zero-order chi connectivity index (χ0) is 10.8. The zero-order valence-electron chi connectivity index (χ0n) is 8.19. The number of hydrogen-bond donors (Lipinski definition) is 3. The van der Waals surface area contributed by atoms with E-state index in [0.717, 1.165) is 32.1 Å². The Balaban J connectivity index is 3.14. The van der Waals surface area contributed by atoms with Gasteiger partial charge in [-0.25, -0.2) is 0 Å². The van der Waals surface area contributed by atoms with Crippen molar-refractivity contribution in [2.75, 3.05) is 6.61 Å². The summed E-state index contributed by atoms with van der Waals surface area (Å²) in [5.74, 6) is 0. The van der Waals surface area contributed by atoms with Crippen LogP contribution in [0.1, 0.15) is 38.5 Å². The van der Waals surface area contributed by atoms with Crippen molar-refractivity contribution in [3.63, 3.8) is 0 Å². The number of aliphatic hydroxyl groups excluding tert-OH is 2. The van der Waals surface area contributed by atoms with Crippen LogP contribution >= 0.6 is 0 Å². The minimum absolute atomic E-state index is 0.223. The summed E-state index contributed by atoms with van der Waals surface area (Å²) in [5.41, 5.74) is 0. The molecule has 0 aromatic rings. The predicted octanol–water partition coefficient (Wildman–Crippen LogP) is 0.440. The van der Waals surface area contributed by atoms with Crippen LogP contribution in [0.3, 0.4) is 0 Å². The van der Waals surface area contributed by atoms with Gasteiger partial charge in [0.1, 0.15) is 0 Å². The third-order valence-electron chi connectivity index (χ3n) is 1.85. The SMILES string of the molecule is [O]=[Ti]([OH])[O]C(O)CCCCCCCO. The molecule has 1 atom stereocenters. The van der Waals surface area contributed by atoms with Crippen LogP contribution in [0.2, 0.25) is 0 Å². The van der Waals surface area contributed by atoms with Crippen molar-refractivity contribution in [2.45, 2.75) is 44.8 Å². The topological polar surface area (TPSA) is 87.0 Å². The molecule has 0 saturated heterocycles. The molecule has 0 aromatic carbocycles. The Kier molecular flexibility index (Phi) is 10.1. The van der Waals surface area contributed by atoms with Crippen molar-refractivity contribution in [1.29, 1.82) is 0 Å². The average Bonchev–Trinajstić information content (AvgIpc) is 2.10. The molecule has 0 saturated carbocycles. The van der Waals surface area contributed by atoms with Crippen LogP contribution in [0.25, 0.3) is 0 Å². The first-order chi connectivity index (χ1) is 6.66. The third-order valence-corrected chi connectivity index (χ3v) is 2.59. The van der Waals surface area contributed by atoms with Gasteiger partial charge in [-0.1, -0.05) is 0 Å². The Morgan fingerprint density at radius 1 is 1.14 bits per heavy atom. The van der Waals surface area contributed by atoms with Gasteiger partial charge in [0.2, 0.25) is 0 Å². The van der Waals surface area contributed by atoms with E-state index in [-0.39, 0.29) is 6.61 Å². The number of hydrogen-bond acceptors (Lipinski definition) is 4. The molecule has 14 heavy (non-hydrogen) atoms. The molecule has 5 nitrogen and oxygen atoms in total. The summed E-state index contributed by atoms with van der Waals surface area (Å²) in [6, 6.07) is 0. The first-order valence-electron chi connectivity index (χ1n) is 4.85. The van der Waals surface area contributed by atoms with Crippen LogP contribution in [0.5, 0.6) is 0 Å². The van der Waals surface area contributed by atoms with Crippen LogP contribution in [0, 0.1) is 0 Å². The van der Waals surface area contributed by atoms with Gasteiger partial charge in [0.15, 0.2) is 0 Å². The molecular weight excluding hydrogens is 224 g/mol. The van der Waals surface area contributed by atoms with Gasteiger partial charge in [0.05, 0.1) is 0 Å². The normalized spacial score (nSPS) is 12.8. The van der Waals surface area contributed by atoms with Gasteiger partial charge >= 0.3 is 90.6 Å². The van der Waals surface area contributed by atoms with Gasteiger partial charge in [-0.3, -0.25) is 0 Å². The molecule has 0 spiro atoms. The summed E-state index contributed by atoms with van der Waals surface area (Å²) in [5, 5.41) is 17.5. The van der Waals surface area contributed by atoms with E-state index in [2.05, 4.69) is 3.32 Å². The molecule has 0 radical (unpaired) electrons. The van der Waals surface area contributed by atoms with Gasteiger partial charge in [-0.2, -0.15) is 0 Å². The molecule has 0 amide bonds. The second kappa shape index (κ2) is 9.89. The first kappa shape index (κ1) is 14.4. The van der Waals surface area contributed by atoms with E-state index in [1.54, 1.807) is 0 Å². The Hall–Kier alpha value is 0.354. The molecule has 0 fully saturated rings. The van der Waals surface area contributed by atoms with Crippen LogP contribution in [0.15, 0.2) is 0 Å². The molecular formula is C8H18O5Ti. The second-order valence-corrected chi connectivity index (χ2v) is 4.32. The summed E-state index contributed by atoms with van der Waals surface area (Å²) >= 11 is -3.57. The summed E-state index contributed by atoms with van der Waals surface area (Å²) < 4.78 is 23.0. The maximum atomic E-state index is 10.2. The van der Waals surface area contributed by atoms with Crippen molar-refractivity contribution < 1.29 is 39.2 Å². The molecule has 0 aliphatic carbocycles.